The number of ketones is 1. The number of nitrogens with zero attached hydrogens (tertiary/aromatic N) is 1. The van der Waals surface area contributed by atoms with Gasteiger partial charge in [-0.3, -0.25) is 19.3 Å². The van der Waals surface area contributed by atoms with Crippen molar-refractivity contribution in [3.05, 3.63) is 47.0 Å². The van der Waals surface area contributed by atoms with E-state index in [2.05, 4.69) is 12.2 Å². The van der Waals surface area contributed by atoms with Gasteiger partial charge in [0.05, 0.1) is 11.8 Å². The van der Waals surface area contributed by atoms with Gasteiger partial charge in [0, 0.05) is 10.6 Å². The maximum absolute atomic E-state index is 13.0. The zero-order chi connectivity index (χ0) is 20.4. The summed E-state index contributed by atoms with van der Waals surface area (Å²) in [4.78, 5) is 51.8. The lowest BCUT2D eigenvalue weighted by Crippen LogP contribution is -2.45. The topological polar surface area (TPSA) is 80.8 Å². The summed E-state index contributed by atoms with van der Waals surface area (Å²) in [6, 6.07) is 5.21. The highest BCUT2D eigenvalue weighted by molar-refractivity contribution is 6.30. The van der Waals surface area contributed by atoms with Crippen molar-refractivity contribution in [2.45, 2.75) is 19.4 Å². The fraction of sp³-hybridized carbons (Fsp3) is 0.455. The summed E-state index contributed by atoms with van der Waals surface area (Å²) in [6.45, 7) is 1.03. The van der Waals surface area contributed by atoms with Gasteiger partial charge >= 0.3 is 5.97 Å². The van der Waals surface area contributed by atoms with Crippen LogP contribution in [0, 0.1) is 35.5 Å². The molecule has 0 radical (unpaired) electrons. The molecule has 5 aliphatic rings. The minimum absolute atomic E-state index is 0.103. The molecule has 0 spiro atoms. The molecule has 1 aliphatic heterocycles. The number of imide groups is 1. The van der Waals surface area contributed by atoms with E-state index >= 15 is 0 Å². The number of carbonyl (C=O) groups excluding carboxylic acids is 4. The number of benzene rings is 1. The van der Waals surface area contributed by atoms with E-state index in [0.717, 1.165) is 11.3 Å². The lowest BCUT2D eigenvalue weighted by Gasteiger charge is -2.37. The monoisotopic (exact) mass is 413 g/mol. The smallest absolute Gasteiger partial charge is 0.329 e. The third-order valence-electron chi connectivity index (χ3n) is 6.94. The molecule has 1 saturated heterocycles. The Labute approximate surface area is 172 Å². The van der Waals surface area contributed by atoms with Crippen LogP contribution in [0.15, 0.2) is 36.4 Å². The van der Waals surface area contributed by atoms with Crippen LogP contribution in [0.2, 0.25) is 5.02 Å². The lowest BCUT2D eigenvalue weighted by atomic mass is 9.63. The second-order valence-electron chi connectivity index (χ2n) is 8.41. The van der Waals surface area contributed by atoms with Crippen LogP contribution < -0.4 is 0 Å². The predicted molar refractivity (Wildman–Crippen MR) is 103 cm³/mol. The van der Waals surface area contributed by atoms with Crippen LogP contribution >= 0.6 is 11.6 Å². The van der Waals surface area contributed by atoms with Gasteiger partial charge in [-0.25, -0.2) is 4.79 Å². The van der Waals surface area contributed by atoms with Crippen LogP contribution in [0.3, 0.4) is 0 Å². The maximum Gasteiger partial charge on any atom is 0.329 e. The van der Waals surface area contributed by atoms with E-state index in [-0.39, 0.29) is 41.3 Å². The molecule has 0 aromatic heterocycles. The number of amides is 2. The number of hydrogen-bond acceptors (Lipinski definition) is 5. The number of Topliss-reactive ketones (excluding diaryl/α,β-unsaturated/α-hetero) is 1. The number of carbonyl (C=O) groups is 4. The molecule has 29 heavy (non-hydrogen) atoms. The third-order valence-corrected chi connectivity index (χ3v) is 7.19. The number of hydrogen-bond donors (Lipinski definition) is 0. The van der Waals surface area contributed by atoms with E-state index in [1.165, 1.54) is 6.92 Å². The van der Waals surface area contributed by atoms with Crippen molar-refractivity contribution in [3.63, 3.8) is 0 Å². The largest absolute Gasteiger partial charge is 0.456 e. The molecule has 7 atom stereocenters. The molecule has 2 amide bonds. The van der Waals surface area contributed by atoms with Gasteiger partial charge in [0.1, 0.15) is 6.04 Å². The SMILES string of the molecule is C[C@@H](C(=O)OCC(=O)c1ccc(Cl)cc1)N1C(=O)[C@H]2[C@@H]3C=C[C@H]([C@H]4C[C@H]34)[C@@H]2C1=O. The molecule has 3 fully saturated rings. The van der Waals surface area contributed by atoms with E-state index in [1.807, 2.05) is 0 Å². The molecule has 6 rings (SSSR count). The first-order valence-electron chi connectivity index (χ1n) is 9.89. The molecule has 150 valence electrons. The summed E-state index contributed by atoms with van der Waals surface area (Å²) < 4.78 is 5.13. The van der Waals surface area contributed by atoms with Crippen molar-refractivity contribution in [3.8, 4) is 0 Å². The summed E-state index contributed by atoms with van der Waals surface area (Å²) in [6.07, 6.45) is 5.26. The van der Waals surface area contributed by atoms with Gasteiger partial charge in [-0.15, -0.1) is 0 Å². The molecule has 2 saturated carbocycles. The predicted octanol–water partition coefficient (Wildman–Crippen LogP) is 2.51. The van der Waals surface area contributed by atoms with E-state index in [1.54, 1.807) is 24.3 Å². The molecule has 2 bridgehead atoms. The first-order valence-corrected chi connectivity index (χ1v) is 10.3. The Morgan fingerprint density at radius 3 is 2.17 bits per heavy atom. The zero-order valence-corrected chi connectivity index (χ0v) is 16.5. The first-order chi connectivity index (χ1) is 13.9. The molecule has 1 aromatic rings. The number of allylic oxidation sites excluding steroid dienone is 2. The van der Waals surface area contributed by atoms with Crippen LogP contribution in [0.5, 0.6) is 0 Å². The molecule has 7 heteroatoms. The number of ether oxygens (including phenoxy) is 1. The van der Waals surface area contributed by atoms with Crippen LogP contribution in [0.4, 0.5) is 0 Å². The number of rotatable bonds is 5. The van der Waals surface area contributed by atoms with E-state index in [4.69, 9.17) is 16.3 Å². The fourth-order valence-electron chi connectivity index (χ4n) is 5.44. The minimum Gasteiger partial charge on any atom is -0.456 e. The zero-order valence-electron chi connectivity index (χ0n) is 15.8. The molecule has 0 N–H and O–H groups in total. The van der Waals surface area contributed by atoms with E-state index in [9.17, 15) is 19.2 Å². The number of esters is 1. The molecule has 6 nitrogen and oxygen atoms in total. The third kappa shape index (κ3) is 2.76. The average molecular weight is 414 g/mol. The van der Waals surface area contributed by atoms with Crippen molar-refractivity contribution in [1.29, 1.82) is 0 Å². The second-order valence-corrected chi connectivity index (χ2v) is 8.85. The van der Waals surface area contributed by atoms with Gasteiger partial charge in [0.15, 0.2) is 12.4 Å². The molecule has 0 unspecified atom stereocenters. The second kappa shape index (κ2) is 6.52. The molecule has 1 heterocycles. The Kier molecular flexibility index (Phi) is 4.17. The van der Waals surface area contributed by atoms with Crippen molar-refractivity contribution in [1.82, 2.24) is 4.90 Å². The minimum atomic E-state index is -1.05. The first kappa shape index (κ1) is 18.6. The highest BCUT2D eigenvalue weighted by atomic mass is 35.5. The van der Waals surface area contributed by atoms with Crippen LogP contribution in [-0.2, 0) is 19.1 Å². The van der Waals surface area contributed by atoms with Crippen LogP contribution in [0.1, 0.15) is 23.7 Å². The fourth-order valence-corrected chi connectivity index (χ4v) is 5.57. The standard InChI is InChI=1S/C22H20ClNO5/c1-10(22(28)29-9-17(25)11-2-4-12(23)5-3-11)24-20(26)18-13-6-7-14(16-8-15(13)16)19(18)21(24)27/h2-7,10,13-16,18-19H,8-9H2,1H3/t10-,13+,14+,15+,16+,18-,19-/m0/s1. The number of likely N-dealkylation sites (tertiary alicyclic amines) is 1. The van der Waals surface area contributed by atoms with Crippen molar-refractivity contribution < 1.29 is 23.9 Å². The van der Waals surface area contributed by atoms with Gasteiger partial charge in [-0.05, 0) is 61.3 Å². The molecular formula is C22H20ClNO5. The Balaban J connectivity index is 1.26. The molecule has 4 aliphatic carbocycles. The number of halogens is 1. The highest BCUT2D eigenvalue weighted by Gasteiger charge is 2.67. The summed E-state index contributed by atoms with van der Waals surface area (Å²) in [5.74, 6) is -1.19. The van der Waals surface area contributed by atoms with Gasteiger partial charge in [0.2, 0.25) is 11.8 Å². The average Bonchev–Trinajstić information content (AvgIpc) is 3.49. The summed E-state index contributed by atoms with van der Waals surface area (Å²) >= 11 is 5.80. The van der Waals surface area contributed by atoms with Crippen LogP contribution in [-0.4, -0.2) is 41.1 Å². The molecule has 1 aromatic carbocycles. The maximum atomic E-state index is 13.0. The van der Waals surface area contributed by atoms with E-state index < -0.39 is 18.6 Å². The van der Waals surface area contributed by atoms with Gasteiger partial charge in [0.25, 0.3) is 0 Å². The summed E-state index contributed by atoms with van der Waals surface area (Å²) in [5.41, 5.74) is 0.371. The van der Waals surface area contributed by atoms with Crippen molar-refractivity contribution >= 4 is 35.2 Å². The summed E-state index contributed by atoms with van der Waals surface area (Å²) in [7, 11) is 0. The Morgan fingerprint density at radius 2 is 1.62 bits per heavy atom. The van der Waals surface area contributed by atoms with Gasteiger partial charge in [-0.1, -0.05) is 23.8 Å². The van der Waals surface area contributed by atoms with Gasteiger partial charge in [-0.2, -0.15) is 0 Å². The summed E-state index contributed by atoms with van der Waals surface area (Å²) in [5, 5.41) is 0.501. The quantitative estimate of drug-likeness (QED) is 0.320. The molecular weight excluding hydrogens is 394 g/mol. The van der Waals surface area contributed by atoms with E-state index in [0.29, 0.717) is 22.4 Å². The normalized spacial score (nSPS) is 34.6. The van der Waals surface area contributed by atoms with Crippen molar-refractivity contribution in [2.75, 3.05) is 6.61 Å². The van der Waals surface area contributed by atoms with Crippen molar-refractivity contribution in [2.24, 2.45) is 35.5 Å². The Hall–Kier alpha value is -2.47. The van der Waals surface area contributed by atoms with Crippen LogP contribution in [0.25, 0.3) is 0 Å². The Morgan fingerprint density at radius 1 is 1.07 bits per heavy atom. The lowest BCUT2D eigenvalue weighted by molar-refractivity contribution is -0.157. The highest BCUT2D eigenvalue weighted by Crippen LogP contribution is 2.65. The Bertz CT molecular complexity index is 918. The van der Waals surface area contributed by atoms with Gasteiger partial charge < -0.3 is 4.74 Å².